The van der Waals surface area contributed by atoms with Crippen LogP contribution >= 0.6 is 0 Å². The van der Waals surface area contributed by atoms with E-state index in [2.05, 4.69) is 10.1 Å². The van der Waals surface area contributed by atoms with Crippen LogP contribution in [0.15, 0.2) is 30.3 Å². The summed E-state index contributed by atoms with van der Waals surface area (Å²) in [6, 6.07) is 10.0. The van der Waals surface area contributed by atoms with Gasteiger partial charge < -0.3 is 14.8 Å². The minimum atomic E-state index is -0.409. The molecule has 2 rings (SSSR count). The quantitative estimate of drug-likeness (QED) is 0.809. The van der Waals surface area contributed by atoms with Crippen LogP contribution in [-0.4, -0.2) is 31.5 Å². The van der Waals surface area contributed by atoms with Gasteiger partial charge in [0.1, 0.15) is 6.10 Å². The summed E-state index contributed by atoms with van der Waals surface area (Å²) in [5.41, 5.74) is 1.18. The van der Waals surface area contributed by atoms with Gasteiger partial charge in [0.15, 0.2) is 0 Å². The first-order valence-corrected chi connectivity index (χ1v) is 5.74. The van der Waals surface area contributed by atoms with Crippen LogP contribution < -0.4 is 5.32 Å². The van der Waals surface area contributed by atoms with Gasteiger partial charge in [0.05, 0.1) is 19.3 Å². The molecule has 1 N–H and O–H groups in total. The predicted octanol–water partition coefficient (Wildman–Crippen LogP) is 1.74. The zero-order valence-electron chi connectivity index (χ0n) is 10.1. The van der Waals surface area contributed by atoms with Crippen molar-refractivity contribution < 1.29 is 14.3 Å². The Balaban J connectivity index is 1.98. The average molecular weight is 235 g/mol. The first kappa shape index (κ1) is 11.9. The minimum absolute atomic E-state index is 0.0279. The first-order chi connectivity index (χ1) is 8.20. The van der Waals surface area contributed by atoms with Gasteiger partial charge in [-0.3, -0.25) is 0 Å². The molecule has 0 aromatic heterocycles. The Morgan fingerprint density at radius 3 is 2.65 bits per heavy atom. The lowest BCUT2D eigenvalue weighted by Crippen LogP contribution is -2.40. The second kappa shape index (κ2) is 5.19. The highest BCUT2D eigenvalue weighted by Gasteiger charge is 2.42. The Kier molecular flexibility index (Phi) is 3.64. The summed E-state index contributed by atoms with van der Waals surface area (Å²) >= 11 is 0. The normalized spacial score (nSPS) is 23.9. The zero-order chi connectivity index (χ0) is 12.3. The van der Waals surface area contributed by atoms with Crippen LogP contribution in [-0.2, 0) is 15.9 Å². The number of hydrogen-bond acceptors (Lipinski definition) is 3. The van der Waals surface area contributed by atoms with Crippen molar-refractivity contribution in [2.24, 2.45) is 0 Å². The maximum atomic E-state index is 11.3. The number of carbonyl (C=O) groups excluding carboxylic acids is 1. The Morgan fingerprint density at radius 2 is 2.12 bits per heavy atom. The number of nitrogens with one attached hydrogen (secondary N) is 1. The Morgan fingerprint density at radius 1 is 1.47 bits per heavy atom. The van der Waals surface area contributed by atoms with Gasteiger partial charge in [-0.05, 0) is 18.9 Å². The monoisotopic (exact) mass is 235 g/mol. The van der Waals surface area contributed by atoms with Crippen molar-refractivity contribution in [3.8, 4) is 0 Å². The smallest absolute Gasteiger partial charge is 0.407 e. The summed E-state index contributed by atoms with van der Waals surface area (Å²) in [4.78, 5) is 11.3. The van der Waals surface area contributed by atoms with Gasteiger partial charge in [0, 0.05) is 0 Å². The van der Waals surface area contributed by atoms with Crippen LogP contribution in [0.4, 0.5) is 4.79 Å². The number of benzene rings is 1. The van der Waals surface area contributed by atoms with E-state index in [1.54, 1.807) is 0 Å². The third-order valence-corrected chi connectivity index (χ3v) is 2.94. The molecule has 17 heavy (non-hydrogen) atoms. The van der Waals surface area contributed by atoms with Crippen LogP contribution in [0.5, 0.6) is 0 Å². The molecular formula is C13H17NO3. The molecule has 4 heteroatoms. The molecule has 0 spiro atoms. The molecule has 4 nitrogen and oxygen atoms in total. The van der Waals surface area contributed by atoms with Gasteiger partial charge in [0.25, 0.3) is 0 Å². The molecule has 1 aromatic carbocycles. The molecule has 1 aliphatic heterocycles. The maximum Gasteiger partial charge on any atom is 0.407 e. The van der Waals surface area contributed by atoms with Gasteiger partial charge in [-0.2, -0.15) is 0 Å². The number of ether oxygens (including phenoxy) is 2. The van der Waals surface area contributed by atoms with Gasteiger partial charge in [0.2, 0.25) is 0 Å². The maximum absolute atomic E-state index is 11.3. The van der Waals surface area contributed by atoms with E-state index in [4.69, 9.17) is 4.74 Å². The lowest BCUT2D eigenvalue weighted by atomic mass is 10.0. The lowest BCUT2D eigenvalue weighted by Gasteiger charge is -2.16. The lowest BCUT2D eigenvalue weighted by molar-refractivity contribution is 0.163. The molecule has 1 amide bonds. The van der Waals surface area contributed by atoms with Crippen molar-refractivity contribution in [2.75, 3.05) is 7.11 Å². The molecule has 0 radical (unpaired) electrons. The summed E-state index contributed by atoms with van der Waals surface area (Å²) in [5.74, 6) is 0. The third kappa shape index (κ3) is 3.20. The van der Waals surface area contributed by atoms with E-state index in [1.165, 1.54) is 12.7 Å². The topological polar surface area (TPSA) is 50.9 Å². The second-order valence-electron chi connectivity index (χ2n) is 4.24. The highest BCUT2D eigenvalue weighted by atomic mass is 16.6. The predicted molar refractivity (Wildman–Crippen MR) is 63.8 cm³/mol. The molecule has 0 saturated carbocycles. The van der Waals surface area contributed by atoms with Gasteiger partial charge in [-0.1, -0.05) is 30.3 Å². The number of amides is 1. The number of hydrogen-bond donors (Lipinski definition) is 1. The minimum Gasteiger partial charge on any atom is -0.453 e. The summed E-state index contributed by atoms with van der Waals surface area (Å²) in [5, 5.41) is 2.82. The largest absolute Gasteiger partial charge is 0.453 e. The Hall–Kier alpha value is -1.55. The molecule has 0 aliphatic carbocycles. The molecule has 0 unspecified atom stereocenters. The van der Waals surface area contributed by atoms with Gasteiger partial charge in [-0.15, -0.1) is 0 Å². The fourth-order valence-electron chi connectivity index (χ4n) is 1.95. The molecule has 0 bridgehead atoms. The van der Waals surface area contributed by atoms with E-state index in [9.17, 15) is 4.79 Å². The molecule has 1 fully saturated rings. The van der Waals surface area contributed by atoms with Crippen LogP contribution in [0.25, 0.3) is 0 Å². The summed E-state index contributed by atoms with van der Waals surface area (Å²) in [6.45, 7) is 2.00. The Labute approximate surface area is 101 Å². The van der Waals surface area contributed by atoms with E-state index in [-0.39, 0.29) is 18.2 Å². The molecular weight excluding hydrogens is 218 g/mol. The standard InChI is InChI=1S/C13H17NO3/c1-9-12(17-9)11(14-13(15)16-2)8-10-6-4-3-5-7-10/h3-7,9,11-12H,8H2,1-2H3,(H,14,15)/t9-,11+,12-/m0/s1. The fraction of sp³-hybridized carbons (Fsp3) is 0.462. The van der Waals surface area contributed by atoms with Crippen molar-refractivity contribution in [2.45, 2.75) is 31.6 Å². The highest BCUT2D eigenvalue weighted by Crippen LogP contribution is 2.26. The summed E-state index contributed by atoms with van der Waals surface area (Å²) in [7, 11) is 1.37. The summed E-state index contributed by atoms with van der Waals surface area (Å²) < 4.78 is 10.1. The van der Waals surface area contributed by atoms with Crippen LogP contribution in [0.2, 0.25) is 0 Å². The van der Waals surface area contributed by atoms with Crippen molar-refractivity contribution in [3.05, 3.63) is 35.9 Å². The first-order valence-electron chi connectivity index (χ1n) is 5.74. The van der Waals surface area contributed by atoms with Gasteiger partial charge >= 0.3 is 6.09 Å². The molecule has 1 aliphatic rings. The van der Waals surface area contributed by atoms with Crippen LogP contribution in [0.3, 0.4) is 0 Å². The molecule has 1 aromatic rings. The fourth-order valence-corrected chi connectivity index (χ4v) is 1.95. The van der Waals surface area contributed by atoms with Crippen molar-refractivity contribution in [1.29, 1.82) is 0 Å². The van der Waals surface area contributed by atoms with E-state index >= 15 is 0 Å². The van der Waals surface area contributed by atoms with Crippen LogP contribution in [0.1, 0.15) is 12.5 Å². The number of alkyl carbamates (subject to hydrolysis) is 1. The number of methoxy groups -OCH3 is 1. The summed E-state index contributed by atoms with van der Waals surface area (Å²) in [6.07, 6.45) is 0.647. The molecule has 1 saturated heterocycles. The number of rotatable bonds is 4. The SMILES string of the molecule is COC(=O)N[C@H](Cc1ccccc1)[C@H]1O[C@H]1C. The average Bonchev–Trinajstić information content (AvgIpc) is 3.07. The number of epoxide rings is 1. The van der Waals surface area contributed by atoms with E-state index in [1.807, 2.05) is 37.3 Å². The van der Waals surface area contributed by atoms with E-state index in [0.717, 1.165) is 6.42 Å². The van der Waals surface area contributed by atoms with Crippen molar-refractivity contribution in [3.63, 3.8) is 0 Å². The highest BCUT2D eigenvalue weighted by molar-refractivity contribution is 5.67. The Bertz CT molecular complexity index is 380. The van der Waals surface area contributed by atoms with E-state index in [0.29, 0.717) is 0 Å². The van der Waals surface area contributed by atoms with Crippen LogP contribution in [0, 0.1) is 0 Å². The van der Waals surface area contributed by atoms with Gasteiger partial charge in [-0.25, -0.2) is 4.79 Å². The van der Waals surface area contributed by atoms with Crippen molar-refractivity contribution >= 4 is 6.09 Å². The molecule has 1 heterocycles. The second-order valence-corrected chi connectivity index (χ2v) is 4.24. The van der Waals surface area contributed by atoms with E-state index < -0.39 is 6.09 Å². The number of carbonyl (C=O) groups is 1. The molecule has 92 valence electrons. The van der Waals surface area contributed by atoms with Crippen molar-refractivity contribution in [1.82, 2.24) is 5.32 Å². The third-order valence-electron chi connectivity index (χ3n) is 2.94. The zero-order valence-corrected chi connectivity index (χ0v) is 10.1. The molecule has 3 atom stereocenters.